The van der Waals surface area contributed by atoms with E-state index in [1.54, 1.807) is 48.5 Å². The van der Waals surface area contributed by atoms with E-state index >= 15 is 0 Å². The molecule has 0 aliphatic heterocycles. The van der Waals surface area contributed by atoms with Crippen molar-refractivity contribution in [1.29, 1.82) is 0 Å². The Morgan fingerprint density at radius 1 is 0.870 bits per heavy atom. The molecule has 0 unspecified atom stereocenters. The minimum Gasteiger partial charge on any atom is -0.507 e. The maximum atomic E-state index is 12.8. The lowest BCUT2D eigenvalue weighted by Crippen LogP contribution is -2.23. The van der Waals surface area contributed by atoms with E-state index in [2.05, 4.69) is 0 Å². The third kappa shape index (κ3) is 2.65. The number of benzene rings is 3. The number of phenolic OH excluding ortho intramolecular Hbond substituents is 1. The molecule has 0 heterocycles. The predicted molar refractivity (Wildman–Crippen MR) is 81.4 cm³/mol. The van der Waals surface area contributed by atoms with Gasteiger partial charge in [0.15, 0.2) is 0 Å². The van der Waals surface area contributed by atoms with Gasteiger partial charge in [-0.15, -0.1) is 0 Å². The Hall–Kier alpha value is -2.82. The van der Waals surface area contributed by atoms with E-state index in [4.69, 9.17) is 0 Å². The quantitative estimate of drug-likeness (QED) is 0.679. The molecule has 116 valence electrons. The van der Waals surface area contributed by atoms with Gasteiger partial charge in [0.25, 0.3) is 5.78 Å². The number of halogens is 3. The van der Waals surface area contributed by atoms with Gasteiger partial charge in [-0.05, 0) is 22.6 Å². The smallest absolute Gasteiger partial charge is 0.455 e. The Labute approximate surface area is 129 Å². The summed E-state index contributed by atoms with van der Waals surface area (Å²) in [5, 5.41) is 10.9. The van der Waals surface area contributed by atoms with Crippen LogP contribution in [0.1, 0.15) is 10.4 Å². The van der Waals surface area contributed by atoms with Crippen molar-refractivity contribution in [3.05, 3.63) is 66.2 Å². The maximum absolute atomic E-state index is 12.8. The second-order valence-corrected chi connectivity index (χ2v) is 5.06. The van der Waals surface area contributed by atoms with E-state index in [0.29, 0.717) is 16.5 Å². The Bertz CT molecular complexity index is 884. The van der Waals surface area contributed by atoms with Gasteiger partial charge in [-0.2, -0.15) is 13.2 Å². The number of aromatic hydroxyl groups is 1. The van der Waals surface area contributed by atoms with E-state index in [1.807, 2.05) is 0 Å². The van der Waals surface area contributed by atoms with E-state index in [1.165, 1.54) is 6.07 Å². The monoisotopic (exact) mass is 316 g/mol. The second kappa shape index (κ2) is 5.43. The first-order valence-electron chi connectivity index (χ1n) is 6.81. The van der Waals surface area contributed by atoms with Gasteiger partial charge in [0.1, 0.15) is 5.75 Å². The van der Waals surface area contributed by atoms with Gasteiger partial charge in [0, 0.05) is 5.39 Å². The van der Waals surface area contributed by atoms with Gasteiger partial charge < -0.3 is 5.11 Å². The number of phenols is 1. The van der Waals surface area contributed by atoms with Crippen molar-refractivity contribution in [3.63, 3.8) is 0 Å². The molecular weight excluding hydrogens is 305 g/mol. The molecule has 0 saturated carbocycles. The van der Waals surface area contributed by atoms with Crippen molar-refractivity contribution in [2.45, 2.75) is 6.18 Å². The van der Waals surface area contributed by atoms with Gasteiger partial charge in [-0.1, -0.05) is 54.6 Å². The molecular formula is C18H11F3O2. The summed E-state index contributed by atoms with van der Waals surface area (Å²) < 4.78 is 38.4. The van der Waals surface area contributed by atoms with Crippen molar-refractivity contribution in [3.8, 4) is 16.9 Å². The maximum Gasteiger partial charge on any atom is 0.455 e. The van der Waals surface area contributed by atoms with Gasteiger partial charge in [0.05, 0.1) is 5.56 Å². The summed E-state index contributed by atoms with van der Waals surface area (Å²) >= 11 is 0. The SMILES string of the molecule is O=C(c1cc(-c2ccccc2)c2ccccc2c1O)C(F)(F)F. The van der Waals surface area contributed by atoms with Crippen molar-refractivity contribution < 1.29 is 23.1 Å². The van der Waals surface area contributed by atoms with Crippen molar-refractivity contribution in [1.82, 2.24) is 0 Å². The van der Waals surface area contributed by atoms with Crippen LogP contribution in [0, 0.1) is 0 Å². The minimum absolute atomic E-state index is 0.210. The summed E-state index contributed by atoms with van der Waals surface area (Å²) in [6.45, 7) is 0. The van der Waals surface area contributed by atoms with E-state index in [0.717, 1.165) is 6.07 Å². The number of alkyl halides is 3. The highest BCUT2D eigenvalue weighted by Crippen LogP contribution is 2.39. The van der Waals surface area contributed by atoms with Crippen LogP contribution in [0.3, 0.4) is 0 Å². The topological polar surface area (TPSA) is 37.3 Å². The van der Waals surface area contributed by atoms with Crippen LogP contribution >= 0.6 is 0 Å². The molecule has 1 N–H and O–H groups in total. The average molecular weight is 316 g/mol. The fourth-order valence-corrected chi connectivity index (χ4v) is 2.54. The summed E-state index contributed by atoms with van der Waals surface area (Å²) in [6, 6.07) is 16.4. The van der Waals surface area contributed by atoms with Gasteiger partial charge in [-0.25, -0.2) is 0 Å². The summed E-state index contributed by atoms with van der Waals surface area (Å²) in [4.78, 5) is 11.6. The van der Waals surface area contributed by atoms with Crippen LogP contribution in [0.2, 0.25) is 0 Å². The van der Waals surface area contributed by atoms with Crippen LogP contribution in [-0.2, 0) is 0 Å². The molecule has 3 aromatic rings. The molecule has 3 aromatic carbocycles. The second-order valence-electron chi connectivity index (χ2n) is 5.06. The Balaban J connectivity index is 2.36. The standard InChI is InChI=1S/C18H11F3O2/c19-18(20,21)17(23)15-10-14(11-6-2-1-3-7-11)12-8-4-5-9-13(12)16(15)22/h1-10,22H. The number of Topliss-reactive ketones (excluding diaryl/α,β-unsaturated/α-hetero) is 1. The van der Waals surface area contributed by atoms with Crippen LogP contribution in [0.4, 0.5) is 13.2 Å². The molecule has 0 fully saturated rings. The van der Waals surface area contributed by atoms with Crippen molar-refractivity contribution >= 4 is 16.6 Å². The summed E-state index contributed by atoms with van der Waals surface area (Å²) in [7, 11) is 0. The molecule has 0 spiro atoms. The molecule has 0 aliphatic carbocycles. The predicted octanol–water partition coefficient (Wildman–Crippen LogP) is 4.96. The molecule has 0 aromatic heterocycles. The fraction of sp³-hybridized carbons (Fsp3) is 0.0556. The highest BCUT2D eigenvalue weighted by atomic mass is 19.4. The lowest BCUT2D eigenvalue weighted by atomic mass is 9.93. The fourth-order valence-electron chi connectivity index (χ4n) is 2.54. The third-order valence-corrected chi connectivity index (χ3v) is 3.60. The summed E-state index contributed by atoms with van der Waals surface area (Å²) in [6.07, 6.45) is -5.05. The molecule has 3 rings (SSSR count). The number of hydrogen-bond acceptors (Lipinski definition) is 2. The molecule has 0 aliphatic rings. The number of rotatable bonds is 2. The zero-order valence-electron chi connectivity index (χ0n) is 11.8. The first kappa shape index (κ1) is 15.1. The highest BCUT2D eigenvalue weighted by Gasteiger charge is 2.41. The van der Waals surface area contributed by atoms with Gasteiger partial charge >= 0.3 is 6.18 Å². The Morgan fingerprint density at radius 2 is 1.43 bits per heavy atom. The van der Waals surface area contributed by atoms with Crippen LogP contribution < -0.4 is 0 Å². The molecule has 0 radical (unpaired) electrons. The van der Waals surface area contributed by atoms with Gasteiger partial charge in [-0.3, -0.25) is 4.79 Å². The average Bonchev–Trinajstić information content (AvgIpc) is 2.55. The minimum atomic E-state index is -5.05. The summed E-state index contributed by atoms with van der Waals surface area (Å²) in [5.41, 5.74) is 0.390. The molecule has 0 bridgehead atoms. The number of carbonyl (C=O) groups is 1. The lowest BCUT2D eigenvalue weighted by Gasteiger charge is -2.14. The molecule has 0 amide bonds. The molecule has 0 atom stereocenters. The number of hydrogen-bond donors (Lipinski definition) is 1. The normalized spacial score (nSPS) is 11.6. The highest BCUT2D eigenvalue weighted by molar-refractivity contribution is 6.11. The molecule has 0 saturated heterocycles. The molecule has 23 heavy (non-hydrogen) atoms. The molecule has 2 nitrogen and oxygen atoms in total. The Kier molecular flexibility index (Phi) is 3.56. The van der Waals surface area contributed by atoms with E-state index < -0.39 is 23.3 Å². The number of fused-ring (bicyclic) bond motifs is 1. The zero-order chi connectivity index (χ0) is 16.6. The number of carbonyl (C=O) groups excluding carboxylic acids is 1. The van der Waals surface area contributed by atoms with E-state index in [-0.39, 0.29) is 5.39 Å². The third-order valence-electron chi connectivity index (χ3n) is 3.60. The first-order chi connectivity index (χ1) is 10.9. The van der Waals surface area contributed by atoms with Crippen molar-refractivity contribution in [2.75, 3.05) is 0 Å². The van der Waals surface area contributed by atoms with Crippen LogP contribution in [0.5, 0.6) is 5.75 Å². The van der Waals surface area contributed by atoms with Crippen LogP contribution in [0.15, 0.2) is 60.7 Å². The van der Waals surface area contributed by atoms with Gasteiger partial charge in [0.2, 0.25) is 0 Å². The van der Waals surface area contributed by atoms with Crippen molar-refractivity contribution in [2.24, 2.45) is 0 Å². The Morgan fingerprint density at radius 3 is 2.04 bits per heavy atom. The lowest BCUT2D eigenvalue weighted by molar-refractivity contribution is -0.0886. The molecule has 5 heteroatoms. The van der Waals surface area contributed by atoms with Crippen LogP contribution in [0.25, 0.3) is 21.9 Å². The largest absolute Gasteiger partial charge is 0.507 e. The number of ketones is 1. The first-order valence-corrected chi connectivity index (χ1v) is 6.81. The zero-order valence-corrected chi connectivity index (χ0v) is 11.8. The van der Waals surface area contributed by atoms with E-state index in [9.17, 15) is 23.1 Å². The van der Waals surface area contributed by atoms with Crippen LogP contribution in [-0.4, -0.2) is 17.1 Å². The summed E-state index contributed by atoms with van der Waals surface area (Å²) in [5.74, 6) is -2.71.